The minimum absolute atomic E-state index is 0.724. The van der Waals surface area contributed by atoms with Gasteiger partial charge < -0.3 is 4.57 Å². The van der Waals surface area contributed by atoms with E-state index < -0.39 is 0 Å². The number of rotatable bonds is 2. The molecule has 3 heterocycles. The van der Waals surface area contributed by atoms with Gasteiger partial charge in [0.2, 0.25) is 0 Å². The molecule has 0 aliphatic carbocycles. The highest BCUT2D eigenvalue weighted by atomic mass is 15.2. The molecule has 3 rings (SSSR count). The van der Waals surface area contributed by atoms with Gasteiger partial charge >= 0.3 is 0 Å². The Labute approximate surface area is 91.8 Å². The smallest absolute Gasteiger partial charge is 0.157 e. The number of H-pyrrole nitrogens is 1. The van der Waals surface area contributed by atoms with Crippen molar-refractivity contribution in [2.75, 3.05) is 0 Å². The van der Waals surface area contributed by atoms with Crippen LogP contribution in [0.5, 0.6) is 0 Å². The first-order valence-electron chi connectivity index (χ1n) is 4.87. The van der Waals surface area contributed by atoms with Crippen LogP contribution >= 0.6 is 0 Å². The van der Waals surface area contributed by atoms with Crippen LogP contribution in [0.3, 0.4) is 0 Å². The largest absolute Gasteiger partial charge is 0.322 e. The van der Waals surface area contributed by atoms with Gasteiger partial charge in [-0.3, -0.25) is 10.1 Å². The van der Waals surface area contributed by atoms with E-state index in [0.29, 0.717) is 0 Å². The number of aromatic nitrogens is 5. The highest BCUT2D eigenvalue weighted by molar-refractivity contribution is 5.56. The molecule has 0 amide bonds. The lowest BCUT2D eigenvalue weighted by atomic mass is 10.2. The Morgan fingerprint density at radius 2 is 2.00 bits per heavy atom. The van der Waals surface area contributed by atoms with Crippen molar-refractivity contribution >= 4 is 0 Å². The maximum absolute atomic E-state index is 4.19. The highest BCUT2D eigenvalue weighted by Gasteiger charge is 2.02. The van der Waals surface area contributed by atoms with Crippen molar-refractivity contribution in [1.29, 1.82) is 0 Å². The van der Waals surface area contributed by atoms with Crippen LogP contribution < -0.4 is 0 Å². The van der Waals surface area contributed by atoms with E-state index in [4.69, 9.17) is 0 Å². The van der Waals surface area contributed by atoms with Crippen LogP contribution in [0.4, 0.5) is 0 Å². The lowest BCUT2D eigenvalue weighted by Gasteiger charge is -2.03. The zero-order valence-electron chi connectivity index (χ0n) is 8.41. The molecule has 5 nitrogen and oxygen atoms in total. The summed E-state index contributed by atoms with van der Waals surface area (Å²) in [6, 6.07) is 5.95. The number of nitrogens with zero attached hydrogens (tertiary/aromatic N) is 4. The van der Waals surface area contributed by atoms with Gasteiger partial charge in [-0.15, -0.1) is 0 Å². The third-order valence-electron chi connectivity index (χ3n) is 2.31. The molecule has 0 fully saturated rings. The molecule has 0 aliphatic heterocycles. The summed E-state index contributed by atoms with van der Waals surface area (Å²) in [6.07, 6.45) is 8.99. The first-order chi connectivity index (χ1) is 7.93. The van der Waals surface area contributed by atoms with Gasteiger partial charge in [0, 0.05) is 24.2 Å². The molecule has 0 atom stereocenters. The van der Waals surface area contributed by atoms with Gasteiger partial charge in [0.05, 0.1) is 11.9 Å². The average molecular weight is 211 g/mol. The molecule has 0 aliphatic rings. The summed E-state index contributed by atoms with van der Waals surface area (Å²) >= 11 is 0. The Kier molecular flexibility index (Phi) is 2.00. The molecule has 3 aromatic heterocycles. The predicted molar refractivity (Wildman–Crippen MR) is 58.9 cm³/mol. The second kappa shape index (κ2) is 3.62. The van der Waals surface area contributed by atoms with Gasteiger partial charge in [0.25, 0.3) is 0 Å². The van der Waals surface area contributed by atoms with Crippen LogP contribution in [-0.2, 0) is 0 Å². The van der Waals surface area contributed by atoms with Crippen molar-refractivity contribution in [2.24, 2.45) is 0 Å². The van der Waals surface area contributed by atoms with Gasteiger partial charge in [0.1, 0.15) is 6.33 Å². The molecule has 3 aromatic rings. The topological polar surface area (TPSA) is 59.4 Å². The monoisotopic (exact) mass is 211 g/mol. The van der Waals surface area contributed by atoms with Gasteiger partial charge in [0.15, 0.2) is 5.82 Å². The fraction of sp³-hybridized carbons (Fsp3) is 0. The van der Waals surface area contributed by atoms with E-state index in [0.717, 1.165) is 17.1 Å². The number of aromatic amines is 1. The Morgan fingerprint density at radius 3 is 2.75 bits per heavy atom. The van der Waals surface area contributed by atoms with E-state index in [-0.39, 0.29) is 0 Å². The molecular weight excluding hydrogens is 202 g/mol. The summed E-state index contributed by atoms with van der Waals surface area (Å²) in [6.45, 7) is 0. The molecule has 0 saturated heterocycles. The summed E-state index contributed by atoms with van der Waals surface area (Å²) in [7, 11) is 0. The molecule has 0 spiro atoms. The SMILES string of the molecule is c1ccn(-c2cncc(-c3ncn[nH]3)c2)c1. The zero-order valence-corrected chi connectivity index (χ0v) is 8.41. The first kappa shape index (κ1) is 8.84. The van der Waals surface area contributed by atoms with Crippen molar-refractivity contribution in [3.05, 3.63) is 49.3 Å². The van der Waals surface area contributed by atoms with E-state index in [1.54, 1.807) is 12.4 Å². The summed E-state index contributed by atoms with van der Waals surface area (Å²) in [4.78, 5) is 8.28. The van der Waals surface area contributed by atoms with E-state index in [9.17, 15) is 0 Å². The standard InChI is InChI=1S/C11H9N5/c1-2-4-16(3-1)10-5-9(6-12-7-10)11-13-8-14-15-11/h1-8H,(H,13,14,15). The molecular formula is C11H9N5. The van der Waals surface area contributed by atoms with E-state index in [2.05, 4.69) is 20.2 Å². The fourth-order valence-corrected chi connectivity index (χ4v) is 1.55. The third-order valence-corrected chi connectivity index (χ3v) is 2.31. The Bertz CT molecular complexity index is 519. The number of hydrogen-bond donors (Lipinski definition) is 1. The van der Waals surface area contributed by atoms with Crippen LogP contribution in [0.2, 0.25) is 0 Å². The van der Waals surface area contributed by atoms with Crippen LogP contribution in [0.15, 0.2) is 49.3 Å². The summed E-state index contributed by atoms with van der Waals surface area (Å²) < 4.78 is 1.99. The van der Waals surface area contributed by atoms with Gasteiger partial charge in [-0.2, -0.15) is 5.10 Å². The third kappa shape index (κ3) is 1.48. The van der Waals surface area contributed by atoms with Gasteiger partial charge in [-0.05, 0) is 18.2 Å². The minimum Gasteiger partial charge on any atom is -0.322 e. The molecule has 1 N–H and O–H groups in total. The lowest BCUT2D eigenvalue weighted by molar-refractivity contribution is 1.05. The molecule has 0 radical (unpaired) electrons. The normalized spacial score (nSPS) is 10.5. The van der Waals surface area contributed by atoms with E-state index >= 15 is 0 Å². The maximum Gasteiger partial charge on any atom is 0.157 e. The van der Waals surface area contributed by atoms with Crippen molar-refractivity contribution in [1.82, 2.24) is 24.7 Å². The van der Waals surface area contributed by atoms with E-state index in [1.807, 2.05) is 35.2 Å². The van der Waals surface area contributed by atoms with Crippen LogP contribution in [-0.4, -0.2) is 24.7 Å². The zero-order chi connectivity index (χ0) is 10.8. The maximum atomic E-state index is 4.19. The van der Waals surface area contributed by atoms with Crippen molar-refractivity contribution < 1.29 is 0 Å². The minimum atomic E-state index is 0.724. The van der Waals surface area contributed by atoms with Gasteiger partial charge in [-0.25, -0.2) is 4.98 Å². The molecule has 0 bridgehead atoms. The molecule has 5 heteroatoms. The van der Waals surface area contributed by atoms with Crippen molar-refractivity contribution in [3.8, 4) is 17.1 Å². The lowest BCUT2D eigenvalue weighted by Crippen LogP contribution is -1.92. The summed E-state index contributed by atoms with van der Waals surface area (Å²) in [5, 5.41) is 6.64. The van der Waals surface area contributed by atoms with Crippen LogP contribution in [0, 0.1) is 0 Å². The molecule has 0 unspecified atom stereocenters. The van der Waals surface area contributed by atoms with Crippen molar-refractivity contribution in [2.45, 2.75) is 0 Å². The van der Waals surface area contributed by atoms with Crippen LogP contribution in [0.25, 0.3) is 17.1 Å². The molecule has 0 aromatic carbocycles. The quantitative estimate of drug-likeness (QED) is 0.701. The van der Waals surface area contributed by atoms with Crippen molar-refractivity contribution in [3.63, 3.8) is 0 Å². The fourth-order valence-electron chi connectivity index (χ4n) is 1.55. The number of hydrogen-bond acceptors (Lipinski definition) is 3. The molecule has 78 valence electrons. The molecule has 0 saturated carbocycles. The second-order valence-corrected chi connectivity index (χ2v) is 3.36. The summed E-state index contributed by atoms with van der Waals surface area (Å²) in [5.74, 6) is 0.724. The van der Waals surface area contributed by atoms with E-state index in [1.165, 1.54) is 6.33 Å². The average Bonchev–Trinajstić information content (AvgIpc) is 3.03. The first-order valence-corrected chi connectivity index (χ1v) is 4.87. The second-order valence-electron chi connectivity index (χ2n) is 3.36. The highest BCUT2D eigenvalue weighted by Crippen LogP contribution is 2.16. The molecule has 16 heavy (non-hydrogen) atoms. The van der Waals surface area contributed by atoms with Crippen LogP contribution in [0.1, 0.15) is 0 Å². The number of pyridine rings is 1. The van der Waals surface area contributed by atoms with Gasteiger partial charge in [-0.1, -0.05) is 0 Å². The Morgan fingerprint density at radius 1 is 1.12 bits per heavy atom. The Hall–Kier alpha value is -2.43. The number of nitrogens with one attached hydrogen (secondary N) is 1. The Balaban J connectivity index is 2.07. The predicted octanol–water partition coefficient (Wildman–Crippen LogP) is 1.66. The summed E-state index contributed by atoms with van der Waals surface area (Å²) in [5.41, 5.74) is 1.92.